The number of amidine groups is 1. The van der Waals surface area contributed by atoms with Gasteiger partial charge in [0.1, 0.15) is 5.25 Å². The largest absolute Gasteiger partial charge is 0.326 e. The van der Waals surface area contributed by atoms with Crippen LogP contribution < -0.4 is 5.32 Å². The van der Waals surface area contributed by atoms with Gasteiger partial charge in [-0.2, -0.15) is 0 Å². The van der Waals surface area contributed by atoms with E-state index in [1.165, 1.54) is 18.7 Å². The third kappa shape index (κ3) is 5.90. The Bertz CT molecular complexity index is 1090. The molecule has 2 aromatic carbocycles. The van der Waals surface area contributed by atoms with Crippen molar-refractivity contribution < 1.29 is 14.4 Å². The molecule has 0 spiro atoms. The van der Waals surface area contributed by atoms with Gasteiger partial charge in [0.05, 0.1) is 5.69 Å². The summed E-state index contributed by atoms with van der Waals surface area (Å²) in [5.41, 5.74) is 4.21. The van der Waals surface area contributed by atoms with Crippen molar-refractivity contribution in [2.75, 3.05) is 5.32 Å². The topological polar surface area (TPSA) is 78.8 Å². The van der Waals surface area contributed by atoms with Gasteiger partial charge in [-0.1, -0.05) is 43.3 Å². The van der Waals surface area contributed by atoms with E-state index in [-0.39, 0.29) is 36.0 Å². The Labute approximate surface area is 199 Å². The molecule has 33 heavy (non-hydrogen) atoms. The Morgan fingerprint density at radius 2 is 1.76 bits per heavy atom. The van der Waals surface area contributed by atoms with Gasteiger partial charge in [0.2, 0.25) is 11.8 Å². The first-order valence-electron chi connectivity index (χ1n) is 11.1. The number of benzene rings is 2. The lowest BCUT2D eigenvalue weighted by molar-refractivity contribution is -0.129. The lowest BCUT2D eigenvalue weighted by Crippen LogP contribution is -2.42. The molecule has 1 fully saturated rings. The molecule has 7 heteroatoms. The van der Waals surface area contributed by atoms with Crippen LogP contribution in [-0.4, -0.2) is 39.0 Å². The Hall–Kier alpha value is -2.93. The fourth-order valence-electron chi connectivity index (χ4n) is 3.57. The number of nitrogens with one attached hydrogen (secondary N) is 1. The summed E-state index contributed by atoms with van der Waals surface area (Å²) in [6, 6.07) is 12.7. The van der Waals surface area contributed by atoms with E-state index >= 15 is 0 Å². The molecule has 1 aliphatic rings. The molecule has 2 atom stereocenters. The van der Waals surface area contributed by atoms with E-state index in [0.717, 1.165) is 16.8 Å². The van der Waals surface area contributed by atoms with Crippen molar-refractivity contribution in [1.82, 2.24) is 4.90 Å². The Balaban J connectivity index is 1.79. The molecule has 1 N–H and O–H groups in total. The first-order chi connectivity index (χ1) is 15.6. The van der Waals surface area contributed by atoms with E-state index in [1.807, 2.05) is 32.9 Å². The number of hydrogen-bond donors (Lipinski definition) is 1. The van der Waals surface area contributed by atoms with Crippen LogP contribution in [0.2, 0.25) is 0 Å². The lowest BCUT2D eigenvalue weighted by Gasteiger charge is -2.27. The Morgan fingerprint density at radius 1 is 1.09 bits per heavy atom. The van der Waals surface area contributed by atoms with Crippen LogP contribution in [0.1, 0.15) is 55.6 Å². The lowest BCUT2D eigenvalue weighted by atomic mass is 10.0. The van der Waals surface area contributed by atoms with E-state index in [1.54, 1.807) is 29.2 Å². The SMILES string of the molecule is CC(=O)c1ccc(NC(=O)C[C@@H]2SC(=Nc3ccc(C)cc3C)N([C@@H](C)C(C)C)C2=O)cc1. The second kappa shape index (κ2) is 10.3. The van der Waals surface area contributed by atoms with Crippen molar-refractivity contribution in [1.29, 1.82) is 0 Å². The molecule has 6 nitrogen and oxygen atoms in total. The van der Waals surface area contributed by atoms with E-state index in [4.69, 9.17) is 4.99 Å². The van der Waals surface area contributed by atoms with E-state index in [0.29, 0.717) is 16.4 Å². The molecule has 2 amide bonds. The van der Waals surface area contributed by atoms with Gasteiger partial charge < -0.3 is 5.32 Å². The Kier molecular flexibility index (Phi) is 7.74. The molecular weight excluding hydrogens is 434 g/mol. The van der Waals surface area contributed by atoms with Gasteiger partial charge in [-0.05, 0) is 69.5 Å². The zero-order chi connectivity index (χ0) is 24.3. The summed E-state index contributed by atoms with van der Waals surface area (Å²) in [5, 5.41) is 2.93. The highest BCUT2D eigenvalue weighted by atomic mass is 32.2. The summed E-state index contributed by atoms with van der Waals surface area (Å²) in [6.07, 6.45) is 0.0468. The summed E-state index contributed by atoms with van der Waals surface area (Å²) >= 11 is 1.35. The maximum Gasteiger partial charge on any atom is 0.242 e. The molecule has 2 aromatic rings. The maximum atomic E-state index is 13.3. The smallest absolute Gasteiger partial charge is 0.242 e. The van der Waals surface area contributed by atoms with Gasteiger partial charge in [0.15, 0.2) is 11.0 Å². The molecule has 0 aromatic heterocycles. The second-order valence-corrected chi connectivity index (χ2v) is 10.0. The molecule has 174 valence electrons. The van der Waals surface area contributed by atoms with Crippen LogP contribution in [0.25, 0.3) is 0 Å². The normalized spacial score (nSPS) is 18.2. The molecular formula is C26H31N3O3S. The molecule has 0 bridgehead atoms. The predicted molar refractivity (Wildman–Crippen MR) is 135 cm³/mol. The number of aliphatic imine (C=N–C) groups is 1. The first-order valence-corrected chi connectivity index (χ1v) is 12.0. The predicted octanol–water partition coefficient (Wildman–Crippen LogP) is 5.51. The van der Waals surface area contributed by atoms with Crippen molar-refractivity contribution >= 4 is 45.9 Å². The highest BCUT2D eigenvalue weighted by Gasteiger charge is 2.42. The number of carbonyl (C=O) groups is 3. The molecule has 1 heterocycles. The number of aryl methyl sites for hydroxylation is 2. The summed E-state index contributed by atoms with van der Waals surface area (Å²) in [7, 11) is 0. The minimum absolute atomic E-state index is 0.0316. The number of Topliss-reactive ketones (excluding diaryl/α,β-unsaturated/α-hetero) is 1. The summed E-state index contributed by atoms with van der Waals surface area (Å²) in [6.45, 7) is 11.7. The molecule has 3 rings (SSSR count). The molecule has 0 aliphatic carbocycles. The molecule has 1 saturated heterocycles. The molecule has 0 unspecified atom stereocenters. The monoisotopic (exact) mass is 465 g/mol. The van der Waals surface area contributed by atoms with Crippen LogP contribution >= 0.6 is 11.8 Å². The van der Waals surface area contributed by atoms with Gasteiger partial charge >= 0.3 is 0 Å². The zero-order valence-electron chi connectivity index (χ0n) is 20.0. The number of amides is 2. The quantitative estimate of drug-likeness (QED) is 0.547. The summed E-state index contributed by atoms with van der Waals surface area (Å²) in [5.74, 6) is -0.129. The standard InChI is InChI=1S/C26H31N3O3S/c1-15(2)18(5)29-25(32)23(33-26(29)28-22-12-7-16(3)13-17(22)4)14-24(31)27-21-10-8-20(9-11-21)19(6)30/h7-13,15,18,23H,14H2,1-6H3,(H,27,31)/t18-,23-/m0/s1. The van der Waals surface area contributed by atoms with E-state index in [2.05, 4.69) is 25.2 Å². The number of ketones is 1. The van der Waals surface area contributed by atoms with Crippen LogP contribution in [0.15, 0.2) is 47.5 Å². The number of rotatable bonds is 7. The molecule has 0 radical (unpaired) electrons. The van der Waals surface area contributed by atoms with Crippen LogP contribution in [0, 0.1) is 19.8 Å². The molecule has 1 aliphatic heterocycles. The van der Waals surface area contributed by atoms with Crippen LogP contribution in [0.5, 0.6) is 0 Å². The van der Waals surface area contributed by atoms with Gasteiger partial charge in [-0.25, -0.2) is 4.99 Å². The van der Waals surface area contributed by atoms with Crippen molar-refractivity contribution in [2.45, 2.75) is 59.3 Å². The fourth-order valence-corrected chi connectivity index (χ4v) is 4.79. The van der Waals surface area contributed by atoms with Crippen LogP contribution in [-0.2, 0) is 9.59 Å². The molecule has 0 saturated carbocycles. The van der Waals surface area contributed by atoms with Crippen molar-refractivity contribution in [3.8, 4) is 0 Å². The van der Waals surface area contributed by atoms with Gasteiger partial charge in [0.25, 0.3) is 0 Å². The van der Waals surface area contributed by atoms with Gasteiger partial charge in [-0.15, -0.1) is 0 Å². The minimum Gasteiger partial charge on any atom is -0.326 e. The fraction of sp³-hybridized carbons (Fsp3) is 0.385. The van der Waals surface area contributed by atoms with Crippen LogP contribution in [0.4, 0.5) is 11.4 Å². The second-order valence-electron chi connectivity index (χ2n) is 8.87. The Morgan fingerprint density at radius 3 is 2.33 bits per heavy atom. The van der Waals surface area contributed by atoms with Crippen molar-refractivity contribution in [3.63, 3.8) is 0 Å². The number of nitrogens with zero attached hydrogens (tertiary/aromatic N) is 2. The summed E-state index contributed by atoms with van der Waals surface area (Å²) in [4.78, 5) is 44.0. The van der Waals surface area contributed by atoms with Gasteiger partial charge in [-0.3, -0.25) is 19.3 Å². The van der Waals surface area contributed by atoms with E-state index < -0.39 is 5.25 Å². The third-order valence-electron chi connectivity index (χ3n) is 5.85. The van der Waals surface area contributed by atoms with Crippen molar-refractivity contribution in [3.05, 3.63) is 59.2 Å². The maximum absolute atomic E-state index is 13.3. The number of thioether (sulfide) groups is 1. The average Bonchev–Trinajstić information content (AvgIpc) is 3.04. The average molecular weight is 466 g/mol. The minimum atomic E-state index is -0.535. The highest BCUT2D eigenvalue weighted by Crippen LogP contribution is 2.35. The number of hydrogen-bond acceptors (Lipinski definition) is 5. The number of anilines is 1. The van der Waals surface area contributed by atoms with Crippen molar-refractivity contribution in [2.24, 2.45) is 10.9 Å². The number of carbonyl (C=O) groups excluding carboxylic acids is 3. The highest BCUT2D eigenvalue weighted by molar-refractivity contribution is 8.15. The van der Waals surface area contributed by atoms with Gasteiger partial charge in [0, 0.05) is 23.7 Å². The third-order valence-corrected chi connectivity index (χ3v) is 7.00. The van der Waals surface area contributed by atoms with E-state index in [9.17, 15) is 14.4 Å². The first kappa shape index (κ1) is 24.7. The zero-order valence-corrected chi connectivity index (χ0v) is 20.8. The van der Waals surface area contributed by atoms with Crippen LogP contribution in [0.3, 0.4) is 0 Å². The summed E-state index contributed by atoms with van der Waals surface area (Å²) < 4.78 is 0.